The Kier molecular flexibility index (Phi) is 9.35. The van der Waals surface area contributed by atoms with E-state index in [4.69, 9.17) is 5.21 Å². The minimum absolute atomic E-state index is 0.186. The fraction of sp³-hybridized carbons (Fsp3) is 0.250. The fourth-order valence-electron chi connectivity index (χ4n) is 2.25. The number of allylic oxidation sites excluding steroid dienone is 2. The number of hydrogen-bond acceptors (Lipinski definition) is 4. The van der Waals surface area contributed by atoms with Crippen molar-refractivity contribution < 1.29 is 19.6 Å². The molecule has 0 saturated heterocycles. The number of nitrogens with one attached hydrogen (secondary N) is 1. The third kappa shape index (κ3) is 6.86. The summed E-state index contributed by atoms with van der Waals surface area (Å²) in [5.41, 5.74) is 2.18. The van der Waals surface area contributed by atoms with E-state index in [9.17, 15) is 14.4 Å². The van der Waals surface area contributed by atoms with E-state index in [0.717, 1.165) is 4.90 Å². The number of amides is 3. The summed E-state index contributed by atoms with van der Waals surface area (Å²) in [5, 5.41) is 8.46. The maximum atomic E-state index is 12.7. The normalized spacial score (nSPS) is 10.3. The van der Waals surface area contributed by atoms with Crippen molar-refractivity contribution in [2.45, 2.75) is 25.7 Å². The van der Waals surface area contributed by atoms with Gasteiger partial charge in [0.1, 0.15) is 0 Å². The van der Waals surface area contributed by atoms with E-state index in [2.05, 4.69) is 13.2 Å². The van der Waals surface area contributed by atoms with Crippen molar-refractivity contribution in [2.75, 3.05) is 6.54 Å². The summed E-state index contributed by atoms with van der Waals surface area (Å²) in [7, 11) is 0. The number of hydrogen-bond donors (Lipinski definition) is 2. The first-order valence-electron chi connectivity index (χ1n) is 8.33. The van der Waals surface area contributed by atoms with Crippen molar-refractivity contribution in [1.82, 2.24) is 10.4 Å². The summed E-state index contributed by atoms with van der Waals surface area (Å²) in [4.78, 5) is 37.5. The molecule has 138 valence electrons. The summed E-state index contributed by atoms with van der Waals surface area (Å²) >= 11 is 0. The zero-order chi connectivity index (χ0) is 19.4. The second-order valence-electron chi connectivity index (χ2n) is 5.59. The predicted octanol–water partition coefficient (Wildman–Crippen LogP) is 3.02. The van der Waals surface area contributed by atoms with Crippen LogP contribution in [0.3, 0.4) is 0 Å². The second-order valence-corrected chi connectivity index (χ2v) is 5.59. The van der Waals surface area contributed by atoms with Gasteiger partial charge in [-0.25, -0.2) is 5.48 Å². The molecule has 2 N–H and O–H groups in total. The van der Waals surface area contributed by atoms with Crippen molar-refractivity contribution in [3.05, 3.63) is 72.9 Å². The molecule has 3 amide bonds. The Bertz CT molecular complexity index is 680. The Morgan fingerprint density at radius 1 is 1.12 bits per heavy atom. The molecule has 6 heteroatoms. The molecule has 0 atom stereocenters. The largest absolute Gasteiger partial charge is 0.289 e. The summed E-state index contributed by atoms with van der Waals surface area (Å²) in [6.07, 6.45) is 6.52. The maximum absolute atomic E-state index is 12.7. The highest BCUT2D eigenvalue weighted by Crippen LogP contribution is 2.12. The van der Waals surface area contributed by atoms with E-state index in [0.29, 0.717) is 24.8 Å². The van der Waals surface area contributed by atoms with Crippen LogP contribution < -0.4 is 5.48 Å². The van der Waals surface area contributed by atoms with Gasteiger partial charge < -0.3 is 0 Å². The molecule has 0 saturated carbocycles. The number of carbonyl (C=O) groups is 3. The lowest BCUT2D eigenvalue weighted by molar-refractivity contribution is -0.129. The predicted molar refractivity (Wildman–Crippen MR) is 99.4 cm³/mol. The van der Waals surface area contributed by atoms with Gasteiger partial charge in [-0.05, 0) is 25.0 Å². The topological polar surface area (TPSA) is 86.7 Å². The van der Waals surface area contributed by atoms with Crippen LogP contribution in [0.4, 0.5) is 0 Å². The minimum atomic E-state index is -0.468. The number of imide groups is 1. The SMILES string of the molecule is C=C/C=C\C(=C)C(=O)N(CCCCCC(=O)NO)C(=O)c1ccccc1. The Hall–Kier alpha value is -2.99. The van der Waals surface area contributed by atoms with Gasteiger partial charge in [0.05, 0.1) is 0 Å². The lowest BCUT2D eigenvalue weighted by Gasteiger charge is -2.21. The minimum Gasteiger partial charge on any atom is -0.289 e. The quantitative estimate of drug-likeness (QED) is 0.222. The van der Waals surface area contributed by atoms with Crippen molar-refractivity contribution in [2.24, 2.45) is 0 Å². The Balaban J connectivity index is 2.78. The molecule has 0 unspecified atom stereocenters. The van der Waals surface area contributed by atoms with Gasteiger partial charge >= 0.3 is 0 Å². The Labute approximate surface area is 153 Å². The zero-order valence-corrected chi connectivity index (χ0v) is 14.7. The number of nitrogens with zero attached hydrogens (tertiary/aromatic N) is 1. The van der Waals surface area contributed by atoms with Crippen LogP contribution in [0.25, 0.3) is 0 Å². The molecule has 0 heterocycles. The molecule has 0 bridgehead atoms. The van der Waals surface area contributed by atoms with Gasteiger partial charge in [-0.15, -0.1) is 0 Å². The molecule has 0 radical (unpaired) electrons. The van der Waals surface area contributed by atoms with E-state index >= 15 is 0 Å². The molecule has 0 aliphatic heterocycles. The fourth-order valence-corrected chi connectivity index (χ4v) is 2.25. The average Bonchev–Trinajstić information content (AvgIpc) is 2.68. The first kappa shape index (κ1) is 21.1. The monoisotopic (exact) mass is 356 g/mol. The van der Waals surface area contributed by atoms with Gasteiger partial charge in [0.25, 0.3) is 11.8 Å². The number of hydroxylamine groups is 1. The third-order valence-electron chi connectivity index (χ3n) is 3.63. The van der Waals surface area contributed by atoms with E-state index in [1.807, 2.05) is 0 Å². The van der Waals surface area contributed by atoms with Crippen LogP contribution in [0.15, 0.2) is 67.3 Å². The third-order valence-corrected chi connectivity index (χ3v) is 3.63. The van der Waals surface area contributed by atoms with Crippen LogP contribution in [0.2, 0.25) is 0 Å². The van der Waals surface area contributed by atoms with Crippen LogP contribution >= 0.6 is 0 Å². The highest BCUT2D eigenvalue weighted by atomic mass is 16.5. The van der Waals surface area contributed by atoms with Gasteiger partial charge in [0.15, 0.2) is 0 Å². The lowest BCUT2D eigenvalue weighted by Crippen LogP contribution is -2.38. The van der Waals surface area contributed by atoms with E-state index in [-0.39, 0.29) is 18.5 Å². The first-order chi connectivity index (χ1) is 12.5. The standard InChI is InChI=1S/C20H24N2O4/c1-3-4-11-16(2)19(24)22(15-10-6-9-14-18(23)21-26)20(25)17-12-7-5-8-13-17/h3-5,7-8,11-13,26H,1-2,6,9-10,14-15H2,(H,21,23)/b11-4-. The van der Waals surface area contributed by atoms with Crippen LogP contribution in [0, 0.1) is 0 Å². The molecule has 0 aliphatic carbocycles. The zero-order valence-electron chi connectivity index (χ0n) is 14.7. The highest BCUT2D eigenvalue weighted by molar-refractivity contribution is 6.10. The number of benzene rings is 1. The number of rotatable bonds is 10. The molecule has 26 heavy (non-hydrogen) atoms. The highest BCUT2D eigenvalue weighted by Gasteiger charge is 2.23. The second kappa shape index (κ2) is 11.5. The first-order valence-corrected chi connectivity index (χ1v) is 8.33. The number of carbonyl (C=O) groups excluding carboxylic acids is 3. The molecule has 6 nitrogen and oxygen atoms in total. The summed E-state index contributed by atoms with van der Waals surface area (Å²) < 4.78 is 0. The maximum Gasteiger partial charge on any atom is 0.260 e. The molecular weight excluding hydrogens is 332 g/mol. The summed E-state index contributed by atoms with van der Waals surface area (Å²) in [5.74, 6) is -1.32. The molecule has 1 aromatic rings. The van der Waals surface area contributed by atoms with Crippen molar-refractivity contribution in [3.8, 4) is 0 Å². The summed E-state index contributed by atoms with van der Waals surface area (Å²) in [6, 6.07) is 8.56. The van der Waals surface area contributed by atoms with Crippen molar-refractivity contribution in [3.63, 3.8) is 0 Å². The molecule has 0 aromatic heterocycles. The van der Waals surface area contributed by atoms with Crippen LogP contribution in [-0.2, 0) is 9.59 Å². The molecule has 0 aliphatic rings. The smallest absolute Gasteiger partial charge is 0.260 e. The Morgan fingerprint density at radius 3 is 2.42 bits per heavy atom. The van der Waals surface area contributed by atoms with E-state index in [1.165, 1.54) is 12.2 Å². The van der Waals surface area contributed by atoms with Gasteiger partial charge in [0, 0.05) is 24.1 Å². The number of unbranched alkanes of at least 4 members (excludes halogenated alkanes) is 2. The van der Waals surface area contributed by atoms with Crippen LogP contribution in [0.5, 0.6) is 0 Å². The van der Waals surface area contributed by atoms with E-state index < -0.39 is 17.7 Å². The molecular formula is C20H24N2O4. The van der Waals surface area contributed by atoms with Crippen LogP contribution in [0.1, 0.15) is 36.0 Å². The van der Waals surface area contributed by atoms with Gasteiger partial charge in [-0.1, -0.05) is 56.0 Å². The average molecular weight is 356 g/mol. The molecule has 0 spiro atoms. The summed E-state index contributed by atoms with van der Waals surface area (Å²) in [6.45, 7) is 7.47. The van der Waals surface area contributed by atoms with Crippen molar-refractivity contribution in [1.29, 1.82) is 0 Å². The molecule has 1 aromatic carbocycles. The van der Waals surface area contributed by atoms with Gasteiger partial charge in [-0.3, -0.25) is 24.5 Å². The lowest BCUT2D eigenvalue weighted by atomic mass is 10.1. The van der Waals surface area contributed by atoms with Gasteiger partial charge in [-0.2, -0.15) is 0 Å². The van der Waals surface area contributed by atoms with Crippen LogP contribution in [-0.4, -0.2) is 34.4 Å². The van der Waals surface area contributed by atoms with E-state index in [1.54, 1.807) is 41.9 Å². The molecule has 1 rings (SSSR count). The Morgan fingerprint density at radius 2 is 1.81 bits per heavy atom. The van der Waals surface area contributed by atoms with Crippen molar-refractivity contribution >= 4 is 17.7 Å². The molecule has 0 fully saturated rings. The van der Waals surface area contributed by atoms with Gasteiger partial charge in [0.2, 0.25) is 5.91 Å².